The zero-order valence-electron chi connectivity index (χ0n) is 23.9. The Bertz CT molecular complexity index is 1700. The second-order valence-corrected chi connectivity index (χ2v) is 14.3. The van der Waals surface area contributed by atoms with Gasteiger partial charge in [-0.25, -0.2) is 8.42 Å². The molecule has 0 saturated carbocycles. The van der Waals surface area contributed by atoms with Crippen LogP contribution in [0.4, 0.5) is 11.5 Å². The molecule has 42 heavy (non-hydrogen) atoms. The molecule has 0 amide bonds. The Kier molecular flexibility index (Phi) is 8.42. The van der Waals surface area contributed by atoms with E-state index in [1.165, 1.54) is 24.6 Å². The number of aromatic nitrogens is 3. The van der Waals surface area contributed by atoms with Gasteiger partial charge in [-0.15, -0.1) is 10.2 Å². The lowest BCUT2D eigenvalue weighted by Crippen LogP contribution is -2.39. The normalized spacial score (nSPS) is 16.0. The maximum absolute atomic E-state index is 13.9. The number of benzene rings is 2. The molecule has 9 nitrogen and oxygen atoms in total. The van der Waals surface area contributed by atoms with Gasteiger partial charge < -0.3 is 9.64 Å². The number of fused-ring (bicyclic) bond motifs is 1. The van der Waals surface area contributed by atoms with Crippen LogP contribution in [0.25, 0.3) is 16.7 Å². The minimum absolute atomic E-state index is 0.139. The molecule has 0 N–H and O–H groups in total. The van der Waals surface area contributed by atoms with Gasteiger partial charge in [-0.05, 0) is 94.1 Å². The van der Waals surface area contributed by atoms with Crippen LogP contribution in [0.1, 0.15) is 40.5 Å². The Morgan fingerprint density at radius 3 is 2.36 bits per heavy atom. The summed E-state index contributed by atoms with van der Waals surface area (Å²) in [5.41, 5.74) is 0.284. The zero-order valence-corrected chi connectivity index (χ0v) is 26.2. The molecule has 0 radical (unpaired) electrons. The number of halogens is 2. The van der Waals surface area contributed by atoms with Gasteiger partial charge in [0.15, 0.2) is 11.6 Å². The quantitative estimate of drug-likeness (QED) is 0.215. The summed E-state index contributed by atoms with van der Waals surface area (Å²) in [5, 5.41) is 10.0. The molecule has 1 saturated heterocycles. The standard InChI is InChI=1S/C30H33Cl2N5O4S/c1-20-6-5-12-35(18-20)27-9-10-28(34-33-27)36-13-11-21-14-24(7-8-26(21)36)37(19-29(38)41-30(2,3)4)42(39,40)25-16-22(31)15-23(32)17-25/h7-11,13-17,20H,5-6,12,18-19H2,1-4H3. The fourth-order valence-corrected chi connectivity index (χ4v) is 7.24. The number of nitrogens with zero attached hydrogens (tertiary/aromatic N) is 5. The molecule has 4 aromatic rings. The summed E-state index contributed by atoms with van der Waals surface area (Å²) in [7, 11) is -4.25. The monoisotopic (exact) mass is 629 g/mol. The van der Waals surface area contributed by atoms with E-state index in [9.17, 15) is 13.2 Å². The summed E-state index contributed by atoms with van der Waals surface area (Å²) in [6, 6.07) is 14.9. The van der Waals surface area contributed by atoms with Gasteiger partial charge >= 0.3 is 5.97 Å². The minimum atomic E-state index is -4.25. The first-order valence-electron chi connectivity index (χ1n) is 13.7. The van der Waals surface area contributed by atoms with Crippen LogP contribution in [0.5, 0.6) is 0 Å². The first kappa shape index (κ1) is 30.1. The van der Waals surface area contributed by atoms with E-state index in [2.05, 4.69) is 22.0 Å². The molecule has 0 bridgehead atoms. The molecule has 5 rings (SSSR count). The van der Waals surface area contributed by atoms with Crippen LogP contribution in [0.2, 0.25) is 10.0 Å². The van der Waals surface area contributed by atoms with Crippen LogP contribution in [0.3, 0.4) is 0 Å². The lowest BCUT2D eigenvalue weighted by atomic mass is 10.0. The smallest absolute Gasteiger partial charge is 0.327 e. The van der Waals surface area contributed by atoms with E-state index < -0.39 is 28.1 Å². The average molecular weight is 631 g/mol. The summed E-state index contributed by atoms with van der Waals surface area (Å²) < 4.78 is 36.1. The molecule has 1 unspecified atom stereocenters. The predicted molar refractivity (Wildman–Crippen MR) is 166 cm³/mol. The van der Waals surface area contributed by atoms with Gasteiger partial charge in [0.05, 0.1) is 16.1 Å². The second-order valence-electron chi connectivity index (χ2n) is 11.6. The lowest BCUT2D eigenvalue weighted by Gasteiger charge is -2.31. The molecule has 0 spiro atoms. The number of ether oxygens (including phenoxy) is 1. The number of hydrogen-bond donors (Lipinski definition) is 0. The van der Waals surface area contributed by atoms with Crippen LogP contribution < -0.4 is 9.21 Å². The number of sulfonamides is 1. The molecule has 12 heteroatoms. The largest absolute Gasteiger partial charge is 0.459 e. The molecule has 0 aliphatic carbocycles. The van der Waals surface area contributed by atoms with E-state index in [-0.39, 0.29) is 20.6 Å². The molecule has 2 aromatic heterocycles. The van der Waals surface area contributed by atoms with Crippen molar-refractivity contribution >= 4 is 61.6 Å². The number of piperidine rings is 1. The fourth-order valence-electron chi connectivity index (χ4n) is 5.11. The van der Waals surface area contributed by atoms with Gasteiger partial charge in [-0.1, -0.05) is 30.1 Å². The first-order chi connectivity index (χ1) is 19.8. The third-order valence-corrected chi connectivity index (χ3v) is 9.13. The minimum Gasteiger partial charge on any atom is -0.459 e. The van der Waals surface area contributed by atoms with Gasteiger partial charge in [-0.2, -0.15) is 0 Å². The Morgan fingerprint density at radius 1 is 1.02 bits per heavy atom. The molecule has 1 aliphatic rings. The van der Waals surface area contributed by atoms with Crippen molar-refractivity contribution < 1.29 is 17.9 Å². The summed E-state index contributed by atoms with van der Waals surface area (Å²) in [6.45, 7) is 8.80. The van der Waals surface area contributed by atoms with Crippen LogP contribution >= 0.6 is 23.2 Å². The molecule has 222 valence electrons. The Balaban J connectivity index is 1.49. The van der Waals surface area contributed by atoms with Gasteiger partial charge in [0, 0.05) is 34.7 Å². The highest BCUT2D eigenvalue weighted by molar-refractivity contribution is 7.92. The third-order valence-electron chi connectivity index (χ3n) is 6.94. The van der Waals surface area contributed by atoms with Gasteiger partial charge in [0.2, 0.25) is 0 Å². The van der Waals surface area contributed by atoms with Crippen LogP contribution in [-0.2, 0) is 19.6 Å². The Labute approximate surface area is 256 Å². The van der Waals surface area contributed by atoms with E-state index in [0.29, 0.717) is 11.7 Å². The topological polar surface area (TPSA) is 97.6 Å². The lowest BCUT2D eigenvalue weighted by molar-refractivity contribution is -0.152. The van der Waals surface area contributed by atoms with Crippen molar-refractivity contribution in [2.24, 2.45) is 5.92 Å². The second kappa shape index (κ2) is 11.7. The molecule has 1 fully saturated rings. The van der Waals surface area contributed by atoms with Crippen molar-refractivity contribution in [3.8, 4) is 5.82 Å². The summed E-state index contributed by atoms with van der Waals surface area (Å²) in [5.74, 6) is 1.42. The predicted octanol–water partition coefficient (Wildman–Crippen LogP) is 6.50. The van der Waals surface area contributed by atoms with E-state index in [1.807, 2.05) is 29.0 Å². The molecule has 2 aromatic carbocycles. The number of esters is 1. The average Bonchev–Trinajstić information content (AvgIpc) is 3.33. The Morgan fingerprint density at radius 2 is 1.71 bits per heavy atom. The number of rotatable bonds is 7. The van der Waals surface area contributed by atoms with E-state index in [0.717, 1.165) is 40.5 Å². The highest BCUT2D eigenvalue weighted by Crippen LogP contribution is 2.32. The SMILES string of the molecule is CC1CCCN(c2ccc(-n3ccc4cc(N(CC(=O)OC(C)(C)C)S(=O)(=O)c5cc(Cl)cc(Cl)c5)ccc43)nn2)C1. The van der Waals surface area contributed by atoms with Gasteiger partial charge in [0.25, 0.3) is 10.0 Å². The summed E-state index contributed by atoms with van der Waals surface area (Å²) >= 11 is 12.2. The van der Waals surface area contributed by atoms with Crippen molar-refractivity contribution in [1.29, 1.82) is 0 Å². The molecule has 1 aliphatic heterocycles. The van der Waals surface area contributed by atoms with E-state index in [1.54, 1.807) is 39.0 Å². The number of carbonyl (C=O) groups excluding carboxylic acids is 1. The van der Waals surface area contributed by atoms with Crippen LogP contribution in [0.15, 0.2) is 65.7 Å². The highest BCUT2D eigenvalue weighted by Gasteiger charge is 2.30. The molecular weight excluding hydrogens is 597 g/mol. The number of anilines is 2. The maximum atomic E-state index is 13.9. The van der Waals surface area contributed by atoms with Crippen LogP contribution in [-0.4, -0.2) is 54.4 Å². The number of hydrogen-bond acceptors (Lipinski definition) is 7. The molecule has 1 atom stereocenters. The first-order valence-corrected chi connectivity index (χ1v) is 15.9. The van der Waals surface area contributed by atoms with E-state index >= 15 is 0 Å². The van der Waals surface area contributed by atoms with Crippen molar-refractivity contribution in [2.75, 3.05) is 28.8 Å². The molecule has 3 heterocycles. The Hall–Kier alpha value is -3.34. The van der Waals surface area contributed by atoms with Crippen molar-refractivity contribution in [3.05, 3.63) is 70.8 Å². The van der Waals surface area contributed by atoms with Crippen molar-refractivity contribution in [2.45, 2.75) is 51.0 Å². The van der Waals surface area contributed by atoms with Crippen LogP contribution in [0, 0.1) is 5.92 Å². The maximum Gasteiger partial charge on any atom is 0.327 e. The van der Waals surface area contributed by atoms with Crippen molar-refractivity contribution in [3.63, 3.8) is 0 Å². The highest BCUT2D eigenvalue weighted by atomic mass is 35.5. The van der Waals surface area contributed by atoms with E-state index in [4.69, 9.17) is 27.9 Å². The third kappa shape index (κ3) is 6.66. The molecular formula is C30H33Cl2N5O4S. The fraction of sp³-hybridized carbons (Fsp3) is 0.367. The van der Waals surface area contributed by atoms with Crippen molar-refractivity contribution in [1.82, 2.24) is 14.8 Å². The zero-order chi connectivity index (χ0) is 30.2. The summed E-state index contributed by atoms with van der Waals surface area (Å²) in [6.07, 6.45) is 4.22. The van der Waals surface area contributed by atoms with Gasteiger partial charge in [0.1, 0.15) is 12.1 Å². The summed E-state index contributed by atoms with van der Waals surface area (Å²) in [4.78, 5) is 15.0. The van der Waals surface area contributed by atoms with Gasteiger partial charge in [-0.3, -0.25) is 13.7 Å². The number of carbonyl (C=O) groups is 1.